The van der Waals surface area contributed by atoms with E-state index in [0.717, 1.165) is 31.5 Å². The van der Waals surface area contributed by atoms with Crippen molar-refractivity contribution in [2.75, 3.05) is 19.6 Å². The number of nitrogens with one attached hydrogen (secondary N) is 1. The Labute approximate surface area is 131 Å². The van der Waals surface area contributed by atoms with Crippen LogP contribution < -0.4 is 11.1 Å². The zero-order valence-electron chi connectivity index (χ0n) is 12.5. The third-order valence-electron chi connectivity index (χ3n) is 4.09. The summed E-state index contributed by atoms with van der Waals surface area (Å²) in [5.41, 5.74) is 6.91. The number of amides is 1. The molecule has 2 atom stereocenters. The van der Waals surface area contributed by atoms with Crippen molar-refractivity contribution in [2.24, 2.45) is 11.7 Å². The molecule has 116 valence electrons. The molecule has 0 aliphatic carbocycles. The van der Waals surface area contributed by atoms with Gasteiger partial charge in [0.1, 0.15) is 0 Å². The quantitative estimate of drug-likeness (QED) is 0.875. The maximum atomic E-state index is 12.0. The molecular formula is C16H24ClN3O. The molecule has 1 heterocycles. The Morgan fingerprint density at radius 2 is 2.29 bits per heavy atom. The number of hydrogen-bond acceptors (Lipinski definition) is 3. The molecule has 1 fully saturated rings. The molecule has 1 amide bonds. The highest BCUT2D eigenvalue weighted by molar-refractivity contribution is 6.31. The predicted molar refractivity (Wildman–Crippen MR) is 86.1 cm³/mol. The molecule has 21 heavy (non-hydrogen) atoms. The zero-order valence-corrected chi connectivity index (χ0v) is 13.3. The Bertz CT molecular complexity index is 478. The van der Waals surface area contributed by atoms with Gasteiger partial charge in [0.05, 0.1) is 6.54 Å². The summed E-state index contributed by atoms with van der Waals surface area (Å²) in [7, 11) is 0. The van der Waals surface area contributed by atoms with E-state index in [9.17, 15) is 4.79 Å². The number of nitrogens with zero attached hydrogens (tertiary/aromatic N) is 1. The molecule has 5 heteroatoms. The lowest BCUT2D eigenvalue weighted by atomic mass is 9.92. The smallest absolute Gasteiger partial charge is 0.234 e. The molecule has 1 saturated heterocycles. The van der Waals surface area contributed by atoms with Crippen LogP contribution in [-0.2, 0) is 11.3 Å². The molecule has 1 aliphatic rings. The van der Waals surface area contributed by atoms with Gasteiger partial charge in [0.25, 0.3) is 0 Å². The summed E-state index contributed by atoms with van der Waals surface area (Å²) in [6, 6.07) is 7.76. The number of hydrogen-bond donors (Lipinski definition) is 2. The lowest BCUT2D eigenvalue weighted by Crippen LogP contribution is -2.46. The molecule has 0 bridgehead atoms. The molecule has 1 aromatic rings. The van der Waals surface area contributed by atoms with Gasteiger partial charge in [0.15, 0.2) is 0 Å². The first kappa shape index (κ1) is 16.3. The highest BCUT2D eigenvalue weighted by atomic mass is 35.5. The SMILES string of the molecule is CC(N)C1CCCN(CC(=O)NCc2ccccc2Cl)C1. The normalized spacial score (nSPS) is 21.0. The fourth-order valence-electron chi connectivity index (χ4n) is 2.76. The Morgan fingerprint density at radius 3 is 3.00 bits per heavy atom. The molecule has 0 radical (unpaired) electrons. The van der Waals surface area contributed by atoms with E-state index in [1.807, 2.05) is 31.2 Å². The minimum absolute atomic E-state index is 0.0419. The summed E-state index contributed by atoms with van der Waals surface area (Å²) in [4.78, 5) is 14.2. The fraction of sp³-hybridized carbons (Fsp3) is 0.562. The Balaban J connectivity index is 1.78. The van der Waals surface area contributed by atoms with Crippen LogP contribution in [0.25, 0.3) is 0 Å². The molecular weight excluding hydrogens is 286 g/mol. The van der Waals surface area contributed by atoms with Crippen LogP contribution in [0.5, 0.6) is 0 Å². The number of halogens is 1. The standard InChI is InChI=1S/C16H24ClN3O/c1-12(18)14-6-4-8-20(10-14)11-16(21)19-9-13-5-2-3-7-15(13)17/h2-3,5,7,12,14H,4,6,8-11,18H2,1H3,(H,19,21). The van der Waals surface area contributed by atoms with Crippen molar-refractivity contribution in [1.82, 2.24) is 10.2 Å². The van der Waals surface area contributed by atoms with Gasteiger partial charge in [-0.25, -0.2) is 0 Å². The fourth-order valence-corrected chi connectivity index (χ4v) is 2.96. The summed E-state index contributed by atoms with van der Waals surface area (Å²) in [5, 5.41) is 3.62. The van der Waals surface area contributed by atoms with E-state index in [0.29, 0.717) is 24.0 Å². The maximum absolute atomic E-state index is 12.0. The molecule has 0 aromatic heterocycles. The Kier molecular flexibility index (Phi) is 6.03. The van der Waals surface area contributed by atoms with Gasteiger partial charge < -0.3 is 11.1 Å². The summed E-state index contributed by atoms with van der Waals surface area (Å²) in [5.74, 6) is 0.537. The molecule has 1 aromatic carbocycles. The number of likely N-dealkylation sites (tertiary alicyclic amines) is 1. The zero-order chi connectivity index (χ0) is 15.2. The summed E-state index contributed by atoms with van der Waals surface area (Å²) in [6.45, 7) is 4.85. The number of nitrogens with two attached hydrogens (primary N) is 1. The lowest BCUT2D eigenvalue weighted by molar-refractivity contribution is -0.122. The van der Waals surface area contributed by atoms with Gasteiger partial charge in [-0.3, -0.25) is 9.69 Å². The van der Waals surface area contributed by atoms with E-state index in [1.165, 1.54) is 0 Å². The lowest BCUT2D eigenvalue weighted by Gasteiger charge is -2.34. The largest absolute Gasteiger partial charge is 0.351 e. The average Bonchev–Trinajstić information content (AvgIpc) is 2.46. The van der Waals surface area contributed by atoms with E-state index in [1.54, 1.807) is 0 Å². The van der Waals surface area contributed by atoms with Gasteiger partial charge in [-0.05, 0) is 43.9 Å². The topological polar surface area (TPSA) is 58.4 Å². The molecule has 0 saturated carbocycles. The Hall–Kier alpha value is -1.10. The highest BCUT2D eigenvalue weighted by Crippen LogP contribution is 2.18. The predicted octanol–water partition coefficient (Wildman–Crippen LogP) is 2.02. The average molecular weight is 310 g/mol. The second kappa shape index (κ2) is 7.78. The second-order valence-corrected chi connectivity index (χ2v) is 6.27. The van der Waals surface area contributed by atoms with Gasteiger partial charge in [0, 0.05) is 24.2 Å². The molecule has 3 N–H and O–H groups in total. The summed E-state index contributed by atoms with van der Waals surface area (Å²) in [6.07, 6.45) is 2.28. The van der Waals surface area contributed by atoms with Crippen LogP contribution in [0.3, 0.4) is 0 Å². The van der Waals surface area contributed by atoms with Crippen LogP contribution in [0.2, 0.25) is 5.02 Å². The minimum Gasteiger partial charge on any atom is -0.351 e. The van der Waals surface area contributed by atoms with Gasteiger partial charge in [-0.2, -0.15) is 0 Å². The minimum atomic E-state index is 0.0419. The van der Waals surface area contributed by atoms with E-state index < -0.39 is 0 Å². The van der Waals surface area contributed by atoms with E-state index in [2.05, 4.69) is 10.2 Å². The number of benzene rings is 1. The second-order valence-electron chi connectivity index (χ2n) is 5.86. The molecule has 2 unspecified atom stereocenters. The van der Waals surface area contributed by atoms with E-state index in [-0.39, 0.29) is 11.9 Å². The first-order valence-corrected chi connectivity index (χ1v) is 7.92. The van der Waals surface area contributed by atoms with Gasteiger partial charge >= 0.3 is 0 Å². The van der Waals surface area contributed by atoms with Crippen molar-refractivity contribution >= 4 is 17.5 Å². The van der Waals surface area contributed by atoms with Crippen molar-refractivity contribution in [1.29, 1.82) is 0 Å². The van der Waals surface area contributed by atoms with Gasteiger partial charge in [0.2, 0.25) is 5.91 Å². The van der Waals surface area contributed by atoms with Crippen molar-refractivity contribution in [3.63, 3.8) is 0 Å². The third-order valence-corrected chi connectivity index (χ3v) is 4.46. The monoisotopic (exact) mass is 309 g/mol. The van der Waals surface area contributed by atoms with Crippen LogP contribution in [0.4, 0.5) is 0 Å². The Morgan fingerprint density at radius 1 is 1.52 bits per heavy atom. The summed E-state index contributed by atoms with van der Waals surface area (Å²) < 4.78 is 0. The highest BCUT2D eigenvalue weighted by Gasteiger charge is 2.23. The molecule has 0 spiro atoms. The van der Waals surface area contributed by atoms with Crippen LogP contribution in [0.1, 0.15) is 25.3 Å². The van der Waals surface area contributed by atoms with Crippen molar-refractivity contribution in [3.05, 3.63) is 34.9 Å². The third kappa shape index (κ3) is 4.99. The number of piperidine rings is 1. The van der Waals surface area contributed by atoms with Crippen LogP contribution in [0.15, 0.2) is 24.3 Å². The first-order chi connectivity index (χ1) is 10.1. The van der Waals surface area contributed by atoms with Crippen molar-refractivity contribution in [3.8, 4) is 0 Å². The van der Waals surface area contributed by atoms with E-state index >= 15 is 0 Å². The number of rotatable bonds is 5. The molecule has 1 aliphatic heterocycles. The number of carbonyl (C=O) groups is 1. The molecule has 2 rings (SSSR count). The van der Waals surface area contributed by atoms with E-state index in [4.69, 9.17) is 17.3 Å². The van der Waals surface area contributed by atoms with Crippen LogP contribution in [0, 0.1) is 5.92 Å². The van der Waals surface area contributed by atoms with Gasteiger partial charge in [-0.1, -0.05) is 29.8 Å². The maximum Gasteiger partial charge on any atom is 0.234 e. The molecule has 4 nitrogen and oxygen atoms in total. The van der Waals surface area contributed by atoms with Crippen LogP contribution in [-0.4, -0.2) is 36.5 Å². The first-order valence-electron chi connectivity index (χ1n) is 7.54. The van der Waals surface area contributed by atoms with Crippen molar-refractivity contribution in [2.45, 2.75) is 32.4 Å². The number of carbonyl (C=O) groups excluding carboxylic acids is 1. The van der Waals surface area contributed by atoms with Crippen molar-refractivity contribution < 1.29 is 4.79 Å². The van der Waals surface area contributed by atoms with Crippen LogP contribution >= 0.6 is 11.6 Å². The van der Waals surface area contributed by atoms with Gasteiger partial charge in [-0.15, -0.1) is 0 Å². The summed E-state index contributed by atoms with van der Waals surface area (Å²) >= 11 is 6.08.